The van der Waals surface area contributed by atoms with Crippen LogP contribution in [0.1, 0.15) is 25.5 Å². The molecule has 8 heteroatoms. The Morgan fingerprint density at radius 1 is 1.36 bits per heavy atom. The molecule has 0 unspecified atom stereocenters. The number of allylic oxidation sites excluding steroid dienone is 1. The average molecular weight is 370 g/mol. The fraction of sp³-hybridized carbons (Fsp3) is 0.412. The maximum Gasteiger partial charge on any atom is 0.337 e. The lowest BCUT2D eigenvalue weighted by atomic mass is 9.94. The summed E-state index contributed by atoms with van der Waals surface area (Å²) < 4.78 is 36.9. The fourth-order valence-corrected chi connectivity index (χ4v) is 3.35. The number of rotatable bonds is 5. The van der Waals surface area contributed by atoms with Crippen molar-refractivity contribution in [3.63, 3.8) is 0 Å². The van der Waals surface area contributed by atoms with Crippen LogP contribution in [0.2, 0.25) is 0 Å². The van der Waals surface area contributed by atoms with Gasteiger partial charge >= 0.3 is 5.97 Å². The Kier molecular flexibility index (Phi) is 6.07. The lowest BCUT2D eigenvalue weighted by Gasteiger charge is -2.40. The van der Waals surface area contributed by atoms with E-state index >= 15 is 0 Å². The highest BCUT2D eigenvalue weighted by Gasteiger charge is 2.36. The van der Waals surface area contributed by atoms with Crippen LogP contribution in [0, 0.1) is 11.6 Å². The van der Waals surface area contributed by atoms with Gasteiger partial charge < -0.3 is 19.7 Å². The maximum absolute atomic E-state index is 13.6. The van der Waals surface area contributed by atoms with Gasteiger partial charge in [-0.3, -0.25) is 0 Å². The zero-order valence-corrected chi connectivity index (χ0v) is 15.2. The third-order valence-electron chi connectivity index (χ3n) is 4.06. The van der Waals surface area contributed by atoms with E-state index in [4.69, 9.17) is 21.7 Å². The Morgan fingerprint density at radius 2 is 2.04 bits per heavy atom. The van der Waals surface area contributed by atoms with Crippen LogP contribution in [0.3, 0.4) is 0 Å². The summed E-state index contributed by atoms with van der Waals surface area (Å²) in [6, 6.07) is 2.60. The molecule has 2 atom stereocenters. The van der Waals surface area contributed by atoms with Gasteiger partial charge in [-0.1, -0.05) is 6.07 Å². The van der Waals surface area contributed by atoms with E-state index in [1.54, 1.807) is 18.9 Å². The van der Waals surface area contributed by atoms with Crippen molar-refractivity contribution >= 4 is 23.3 Å². The van der Waals surface area contributed by atoms with Crippen LogP contribution in [0.5, 0.6) is 0 Å². The first-order valence-corrected chi connectivity index (χ1v) is 8.05. The van der Waals surface area contributed by atoms with E-state index in [2.05, 4.69) is 5.32 Å². The van der Waals surface area contributed by atoms with Gasteiger partial charge in [-0.15, -0.1) is 0 Å². The molecule has 1 aromatic rings. The molecule has 0 amide bonds. The molecule has 2 rings (SSSR count). The van der Waals surface area contributed by atoms with Gasteiger partial charge in [-0.25, -0.2) is 13.6 Å². The van der Waals surface area contributed by atoms with E-state index in [-0.39, 0.29) is 11.6 Å². The zero-order valence-electron chi connectivity index (χ0n) is 14.4. The Hall–Kier alpha value is -2.06. The molecule has 25 heavy (non-hydrogen) atoms. The van der Waals surface area contributed by atoms with Gasteiger partial charge in [0.15, 0.2) is 16.7 Å². The van der Waals surface area contributed by atoms with Crippen molar-refractivity contribution in [2.24, 2.45) is 0 Å². The highest BCUT2D eigenvalue weighted by Crippen LogP contribution is 2.33. The molecule has 1 aromatic carbocycles. The van der Waals surface area contributed by atoms with Crippen LogP contribution >= 0.6 is 12.2 Å². The van der Waals surface area contributed by atoms with Gasteiger partial charge in [-0.05, 0) is 43.8 Å². The van der Waals surface area contributed by atoms with Gasteiger partial charge in [0.2, 0.25) is 0 Å². The highest BCUT2D eigenvalue weighted by molar-refractivity contribution is 7.80. The summed E-state index contributed by atoms with van der Waals surface area (Å²) in [5.74, 6) is -2.53. The topological polar surface area (TPSA) is 50.8 Å². The third-order valence-corrected chi connectivity index (χ3v) is 4.37. The Balaban J connectivity index is 2.55. The van der Waals surface area contributed by atoms with Crippen molar-refractivity contribution < 1.29 is 23.0 Å². The normalized spacial score (nSPS) is 18.9. The number of benzene rings is 1. The Labute approximate surface area is 150 Å². The molecule has 136 valence electrons. The van der Waals surface area contributed by atoms with E-state index in [0.717, 1.165) is 12.1 Å². The van der Waals surface area contributed by atoms with Crippen molar-refractivity contribution in [3.8, 4) is 0 Å². The van der Waals surface area contributed by atoms with Crippen molar-refractivity contribution in [1.82, 2.24) is 10.2 Å². The summed E-state index contributed by atoms with van der Waals surface area (Å²) in [7, 11) is 2.84. The molecule has 0 spiro atoms. The maximum atomic E-state index is 13.6. The fourth-order valence-electron chi connectivity index (χ4n) is 2.92. The minimum atomic E-state index is -0.998. The van der Waals surface area contributed by atoms with Crippen molar-refractivity contribution in [2.75, 3.05) is 20.8 Å². The molecule has 0 radical (unpaired) electrons. The van der Waals surface area contributed by atoms with Crippen LogP contribution in [0.25, 0.3) is 0 Å². The second kappa shape index (κ2) is 7.88. The van der Waals surface area contributed by atoms with Gasteiger partial charge in [-0.2, -0.15) is 0 Å². The van der Waals surface area contributed by atoms with E-state index in [0.29, 0.717) is 23.0 Å². The number of hydrogen-bond donors (Lipinski definition) is 1. The first-order valence-electron chi connectivity index (χ1n) is 7.64. The van der Waals surface area contributed by atoms with Crippen LogP contribution in [-0.2, 0) is 14.3 Å². The molecule has 1 N–H and O–H groups in total. The monoisotopic (exact) mass is 370 g/mol. The number of hydrogen-bond acceptors (Lipinski definition) is 4. The largest absolute Gasteiger partial charge is 0.466 e. The quantitative estimate of drug-likeness (QED) is 0.635. The van der Waals surface area contributed by atoms with E-state index in [1.807, 2.05) is 6.92 Å². The SMILES string of the molecule is COC[C@@H](C)N1C(=S)N[C@H](c2ccc(F)c(F)c2)C(C(=O)OC)=C1C. The molecule has 5 nitrogen and oxygen atoms in total. The number of nitrogens with zero attached hydrogens (tertiary/aromatic N) is 1. The number of carbonyl (C=O) groups excluding carboxylic acids is 1. The van der Waals surface area contributed by atoms with E-state index in [9.17, 15) is 13.6 Å². The molecule has 0 aromatic heterocycles. The lowest BCUT2D eigenvalue weighted by Crippen LogP contribution is -2.52. The number of thiocarbonyl (C=S) groups is 1. The van der Waals surface area contributed by atoms with Crippen LogP contribution in [0.4, 0.5) is 8.78 Å². The molecule has 1 aliphatic rings. The number of esters is 1. The van der Waals surface area contributed by atoms with E-state index < -0.39 is 23.6 Å². The smallest absolute Gasteiger partial charge is 0.337 e. The summed E-state index contributed by atoms with van der Waals surface area (Å²) in [5, 5.41) is 3.38. The number of ether oxygens (including phenoxy) is 2. The zero-order chi connectivity index (χ0) is 18.7. The summed E-state index contributed by atoms with van der Waals surface area (Å²) in [6.07, 6.45) is 0. The average Bonchev–Trinajstić information content (AvgIpc) is 2.56. The minimum Gasteiger partial charge on any atom is -0.466 e. The number of carbonyl (C=O) groups is 1. The number of halogens is 2. The molecule has 0 saturated carbocycles. The minimum absolute atomic E-state index is 0.129. The number of methoxy groups -OCH3 is 2. The molecule has 0 fully saturated rings. The molecular formula is C17H20F2N2O3S. The first-order chi connectivity index (χ1) is 11.8. The second-order valence-electron chi connectivity index (χ2n) is 5.72. The van der Waals surface area contributed by atoms with Crippen LogP contribution in [0.15, 0.2) is 29.5 Å². The summed E-state index contributed by atoms with van der Waals surface area (Å²) in [4.78, 5) is 14.1. The van der Waals surface area contributed by atoms with Crippen molar-refractivity contribution in [3.05, 3.63) is 46.7 Å². The van der Waals surface area contributed by atoms with Gasteiger partial charge in [0.05, 0.1) is 31.4 Å². The molecule has 0 bridgehead atoms. The van der Waals surface area contributed by atoms with Gasteiger partial charge in [0, 0.05) is 12.8 Å². The van der Waals surface area contributed by atoms with Crippen molar-refractivity contribution in [1.29, 1.82) is 0 Å². The number of nitrogens with one attached hydrogen (secondary N) is 1. The van der Waals surface area contributed by atoms with Crippen LogP contribution < -0.4 is 5.32 Å². The summed E-state index contributed by atoms with van der Waals surface area (Å²) in [6.45, 7) is 4.02. The Morgan fingerprint density at radius 3 is 2.60 bits per heavy atom. The van der Waals surface area contributed by atoms with Crippen molar-refractivity contribution in [2.45, 2.75) is 25.9 Å². The Bertz CT molecular complexity index is 724. The lowest BCUT2D eigenvalue weighted by molar-refractivity contribution is -0.136. The predicted molar refractivity (Wildman–Crippen MR) is 92.7 cm³/mol. The molecule has 1 heterocycles. The second-order valence-corrected chi connectivity index (χ2v) is 6.11. The van der Waals surface area contributed by atoms with Crippen LogP contribution in [-0.4, -0.2) is 42.8 Å². The van der Waals surface area contributed by atoms with Gasteiger partial charge in [0.25, 0.3) is 0 Å². The van der Waals surface area contributed by atoms with E-state index in [1.165, 1.54) is 13.2 Å². The molecule has 1 aliphatic heterocycles. The molecular weight excluding hydrogens is 350 g/mol. The third kappa shape index (κ3) is 3.80. The molecule has 0 aliphatic carbocycles. The van der Waals surface area contributed by atoms with Gasteiger partial charge in [0.1, 0.15) is 0 Å². The predicted octanol–water partition coefficient (Wildman–Crippen LogP) is 2.68. The highest BCUT2D eigenvalue weighted by atomic mass is 32.1. The summed E-state index contributed by atoms with van der Waals surface area (Å²) in [5.41, 5.74) is 1.24. The molecule has 0 saturated heterocycles. The summed E-state index contributed by atoms with van der Waals surface area (Å²) >= 11 is 5.41. The standard InChI is InChI=1S/C17H20F2N2O3S/c1-9(8-23-3)21-10(2)14(16(22)24-4)15(20-17(21)25)11-5-6-12(18)13(19)7-11/h5-7,9,15H,8H2,1-4H3,(H,20,25)/t9-,15-/m1/s1. The first kappa shape index (κ1) is 19.3.